The summed E-state index contributed by atoms with van der Waals surface area (Å²) in [6.45, 7) is 0.916. The predicted octanol–water partition coefficient (Wildman–Crippen LogP) is 3.35. The van der Waals surface area contributed by atoms with Gasteiger partial charge in [0.15, 0.2) is 11.5 Å². The number of ether oxygens (including phenoxy) is 2. The van der Waals surface area contributed by atoms with E-state index in [1.807, 2.05) is 29.6 Å². The molecule has 2 aromatic carbocycles. The number of fused-ring (bicyclic) bond motifs is 1. The summed E-state index contributed by atoms with van der Waals surface area (Å²) in [7, 11) is 0. The SMILES string of the molecule is O=C(Cc1csc(-c2cccc(Br)c2)n1)NNC(=O)c1ccc2c(c1)OCCO2. The third-order valence-corrected chi connectivity index (χ3v) is 5.52. The fourth-order valence-corrected chi connectivity index (χ4v) is 3.95. The number of benzene rings is 2. The van der Waals surface area contributed by atoms with Gasteiger partial charge in [-0.05, 0) is 30.3 Å². The van der Waals surface area contributed by atoms with E-state index in [1.54, 1.807) is 18.2 Å². The summed E-state index contributed by atoms with van der Waals surface area (Å²) in [6, 6.07) is 12.7. The molecule has 0 spiro atoms. The van der Waals surface area contributed by atoms with Crippen LogP contribution in [0.5, 0.6) is 11.5 Å². The Morgan fingerprint density at radius 2 is 1.90 bits per heavy atom. The Labute approximate surface area is 179 Å². The van der Waals surface area contributed by atoms with Crippen LogP contribution in [0, 0.1) is 0 Å². The summed E-state index contributed by atoms with van der Waals surface area (Å²) in [5.41, 5.74) is 6.79. The Morgan fingerprint density at radius 1 is 1.07 bits per heavy atom. The minimum atomic E-state index is -0.441. The molecule has 0 unspecified atom stereocenters. The average molecular weight is 474 g/mol. The number of thiazole rings is 1. The predicted molar refractivity (Wildman–Crippen MR) is 112 cm³/mol. The van der Waals surface area contributed by atoms with Gasteiger partial charge in [0.1, 0.15) is 18.2 Å². The van der Waals surface area contributed by atoms with Crippen molar-refractivity contribution < 1.29 is 19.1 Å². The Bertz CT molecular complexity index is 1070. The molecular formula is C20H16BrN3O4S. The van der Waals surface area contributed by atoms with Gasteiger partial charge in [0.25, 0.3) is 5.91 Å². The van der Waals surface area contributed by atoms with Crippen LogP contribution < -0.4 is 20.3 Å². The minimum Gasteiger partial charge on any atom is -0.486 e. The summed E-state index contributed by atoms with van der Waals surface area (Å²) in [6.07, 6.45) is 0.0614. The van der Waals surface area contributed by atoms with Crippen molar-refractivity contribution >= 4 is 39.1 Å². The first-order valence-electron chi connectivity index (χ1n) is 8.78. The molecular weight excluding hydrogens is 458 g/mol. The molecule has 1 aliphatic heterocycles. The monoisotopic (exact) mass is 473 g/mol. The second-order valence-corrected chi connectivity index (χ2v) is 7.97. The van der Waals surface area contributed by atoms with E-state index in [0.717, 1.165) is 15.0 Å². The van der Waals surface area contributed by atoms with Gasteiger partial charge in [0.05, 0.1) is 12.1 Å². The largest absolute Gasteiger partial charge is 0.486 e. The summed E-state index contributed by atoms with van der Waals surface area (Å²) >= 11 is 4.90. The number of hydrazine groups is 1. The molecule has 0 atom stereocenters. The summed E-state index contributed by atoms with van der Waals surface area (Å²) in [5.74, 6) is 0.310. The van der Waals surface area contributed by atoms with Crippen molar-refractivity contribution in [1.29, 1.82) is 0 Å². The first kappa shape index (κ1) is 19.4. The summed E-state index contributed by atoms with van der Waals surface area (Å²) in [5, 5.41) is 2.66. The van der Waals surface area contributed by atoms with Gasteiger partial charge >= 0.3 is 0 Å². The van der Waals surface area contributed by atoms with Gasteiger partial charge in [0.2, 0.25) is 5.91 Å². The van der Waals surface area contributed by atoms with Crippen molar-refractivity contribution in [1.82, 2.24) is 15.8 Å². The molecule has 1 aromatic heterocycles. The lowest BCUT2D eigenvalue weighted by atomic mass is 10.2. The van der Waals surface area contributed by atoms with Crippen molar-refractivity contribution in [3.63, 3.8) is 0 Å². The molecule has 148 valence electrons. The van der Waals surface area contributed by atoms with Crippen LogP contribution >= 0.6 is 27.3 Å². The molecule has 29 heavy (non-hydrogen) atoms. The Kier molecular flexibility index (Phi) is 5.77. The molecule has 7 nitrogen and oxygen atoms in total. The van der Waals surface area contributed by atoms with Crippen molar-refractivity contribution in [3.05, 3.63) is 63.6 Å². The number of amides is 2. The Hall–Kier alpha value is -2.91. The standard InChI is InChI=1S/C20H16BrN3O4S/c21-14-3-1-2-13(8-14)20-22-15(11-29-20)10-18(25)23-24-19(26)12-4-5-16-17(9-12)28-7-6-27-16/h1-5,8-9,11H,6-7,10H2,(H,23,25)(H,24,26). The molecule has 0 saturated heterocycles. The van der Waals surface area contributed by atoms with E-state index in [1.165, 1.54) is 11.3 Å². The summed E-state index contributed by atoms with van der Waals surface area (Å²) in [4.78, 5) is 28.9. The zero-order valence-corrected chi connectivity index (χ0v) is 17.5. The lowest BCUT2D eigenvalue weighted by molar-refractivity contribution is -0.121. The van der Waals surface area contributed by atoms with Crippen LogP contribution in [0.15, 0.2) is 52.3 Å². The number of rotatable bonds is 4. The molecule has 0 aliphatic carbocycles. The molecule has 2 amide bonds. The van der Waals surface area contributed by atoms with Crippen LogP contribution in [0.1, 0.15) is 16.1 Å². The van der Waals surface area contributed by atoms with Crippen LogP contribution in [0.25, 0.3) is 10.6 Å². The highest BCUT2D eigenvalue weighted by Gasteiger charge is 2.16. The van der Waals surface area contributed by atoms with Crippen LogP contribution in [0.2, 0.25) is 0 Å². The van der Waals surface area contributed by atoms with E-state index in [0.29, 0.717) is 36.0 Å². The zero-order chi connectivity index (χ0) is 20.2. The molecule has 1 aliphatic rings. The molecule has 4 rings (SSSR count). The highest BCUT2D eigenvalue weighted by atomic mass is 79.9. The quantitative estimate of drug-likeness (QED) is 0.567. The highest BCUT2D eigenvalue weighted by Crippen LogP contribution is 2.30. The van der Waals surface area contributed by atoms with Gasteiger partial charge < -0.3 is 9.47 Å². The van der Waals surface area contributed by atoms with Crippen molar-refractivity contribution in [3.8, 4) is 22.1 Å². The maximum Gasteiger partial charge on any atom is 0.269 e. The number of carbonyl (C=O) groups is 2. The number of hydrogen-bond acceptors (Lipinski definition) is 6. The molecule has 0 radical (unpaired) electrons. The maximum atomic E-state index is 12.3. The fraction of sp³-hybridized carbons (Fsp3) is 0.150. The average Bonchev–Trinajstić information content (AvgIpc) is 3.20. The topological polar surface area (TPSA) is 89.6 Å². The smallest absolute Gasteiger partial charge is 0.269 e. The minimum absolute atomic E-state index is 0.0614. The third-order valence-electron chi connectivity index (χ3n) is 4.08. The van der Waals surface area contributed by atoms with E-state index in [2.05, 4.69) is 31.8 Å². The number of nitrogens with zero attached hydrogens (tertiary/aromatic N) is 1. The molecule has 2 heterocycles. The van der Waals surface area contributed by atoms with Crippen LogP contribution in [0.4, 0.5) is 0 Å². The maximum absolute atomic E-state index is 12.3. The third kappa shape index (κ3) is 4.75. The highest BCUT2D eigenvalue weighted by molar-refractivity contribution is 9.10. The first-order valence-corrected chi connectivity index (χ1v) is 10.4. The lowest BCUT2D eigenvalue weighted by Crippen LogP contribution is -2.42. The first-order chi connectivity index (χ1) is 14.1. The molecule has 2 N–H and O–H groups in total. The van der Waals surface area contributed by atoms with Crippen molar-refractivity contribution in [2.45, 2.75) is 6.42 Å². The molecule has 0 fully saturated rings. The normalized spacial score (nSPS) is 12.3. The van der Waals surface area contributed by atoms with Gasteiger partial charge in [0, 0.05) is 21.0 Å². The molecule has 3 aromatic rings. The molecule has 9 heteroatoms. The zero-order valence-electron chi connectivity index (χ0n) is 15.1. The number of hydrogen-bond donors (Lipinski definition) is 2. The van der Waals surface area contributed by atoms with E-state index in [9.17, 15) is 9.59 Å². The van der Waals surface area contributed by atoms with Gasteiger partial charge in [-0.25, -0.2) is 4.98 Å². The Morgan fingerprint density at radius 3 is 2.72 bits per heavy atom. The van der Waals surface area contributed by atoms with Gasteiger partial charge in [-0.2, -0.15) is 0 Å². The molecule has 0 bridgehead atoms. The number of nitrogens with one attached hydrogen (secondary N) is 2. The lowest BCUT2D eigenvalue weighted by Gasteiger charge is -2.18. The van der Waals surface area contributed by atoms with Gasteiger partial charge in [-0.3, -0.25) is 20.4 Å². The van der Waals surface area contributed by atoms with Gasteiger partial charge in [-0.15, -0.1) is 11.3 Å². The van der Waals surface area contributed by atoms with E-state index >= 15 is 0 Å². The second kappa shape index (κ2) is 8.62. The van der Waals surface area contributed by atoms with Crippen LogP contribution in [-0.2, 0) is 11.2 Å². The van der Waals surface area contributed by atoms with Crippen LogP contribution in [-0.4, -0.2) is 30.0 Å². The van der Waals surface area contributed by atoms with Crippen LogP contribution in [0.3, 0.4) is 0 Å². The van der Waals surface area contributed by atoms with Gasteiger partial charge in [-0.1, -0.05) is 28.1 Å². The number of halogens is 1. The number of carbonyl (C=O) groups excluding carboxylic acids is 2. The molecule has 0 saturated carbocycles. The summed E-state index contributed by atoms with van der Waals surface area (Å²) < 4.78 is 11.9. The number of aromatic nitrogens is 1. The second-order valence-electron chi connectivity index (χ2n) is 6.19. The van der Waals surface area contributed by atoms with E-state index < -0.39 is 5.91 Å². The van der Waals surface area contributed by atoms with Crippen molar-refractivity contribution in [2.75, 3.05) is 13.2 Å². The fourth-order valence-electron chi connectivity index (χ4n) is 2.73. The van der Waals surface area contributed by atoms with E-state index in [4.69, 9.17) is 9.47 Å². The Balaban J connectivity index is 1.33. The van der Waals surface area contributed by atoms with Crippen molar-refractivity contribution in [2.24, 2.45) is 0 Å². The van der Waals surface area contributed by atoms with E-state index in [-0.39, 0.29) is 12.3 Å².